The van der Waals surface area contributed by atoms with Crippen LogP contribution in [0.15, 0.2) is 72.8 Å². The summed E-state index contributed by atoms with van der Waals surface area (Å²) in [6.45, 7) is 2.37. The topological polar surface area (TPSA) is 81.0 Å². The average molecular weight is 506 g/mol. The van der Waals surface area contributed by atoms with Gasteiger partial charge >= 0.3 is 0 Å². The lowest BCUT2D eigenvalue weighted by Gasteiger charge is -2.48. The first-order valence-corrected chi connectivity index (χ1v) is 13.1. The highest BCUT2D eigenvalue weighted by atomic mass is 19.1. The van der Waals surface area contributed by atoms with Crippen LogP contribution in [0.25, 0.3) is 0 Å². The maximum Gasteiger partial charge on any atom is 0.233 e. The number of hydrogen-bond acceptors (Lipinski definition) is 4. The standard InChI is InChI=1S/C31H36FNO4/c1-21(18-20-35)23-6-8-25(9-7-23)30-28(16-17-29(36)24-10-12-26(32)13-11-24)31(37)33(30)27-14-4-22(5-15-27)3-2-19-34/h4-15,21,28-30,34-36H,2-3,16-20H2,1H3/t21?,28-,29+,30-/m1/s1. The highest BCUT2D eigenvalue weighted by Gasteiger charge is 2.48. The third kappa shape index (κ3) is 6.27. The van der Waals surface area contributed by atoms with E-state index in [1.165, 1.54) is 12.1 Å². The Kier molecular flexibility index (Phi) is 9.09. The Morgan fingerprint density at radius 1 is 0.865 bits per heavy atom. The number of carbonyl (C=O) groups is 1. The van der Waals surface area contributed by atoms with Crippen molar-refractivity contribution in [3.8, 4) is 0 Å². The van der Waals surface area contributed by atoms with Crippen LogP contribution in [0.3, 0.4) is 0 Å². The van der Waals surface area contributed by atoms with E-state index < -0.39 is 6.10 Å². The third-order valence-corrected chi connectivity index (χ3v) is 7.47. The highest BCUT2D eigenvalue weighted by molar-refractivity contribution is 6.03. The Morgan fingerprint density at radius 2 is 1.51 bits per heavy atom. The molecule has 1 fully saturated rings. The van der Waals surface area contributed by atoms with Crippen molar-refractivity contribution in [3.05, 3.63) is 101 Å². The molecule has 6 heteroatoms. The predicted molar refractivity (Wildman–Crippen MR) is 143 cm³/mol. The summed E-state index contributed by atoms with van der Waals surface area (Å²) in [6, 6.07) is 21.9. The molecule has 0 saturated carbocycles. The van der Waals surface area contributed by atoms with Crippen LogP contribution in [0.5, 0.6) is 0 Å². The molecule has 3 aromatic carbocycles. The van der Waals surface area contributed by atoms with Crippen LogP contribution in [0.1, 0.15) is 72.9 Å². The third-order valence-electron chi connectivity index (χ3n) is 7.47. The molecule has 4 rings (SSSR count). The Bertz CT molecular complexity index is 1150. The number of benzene rings is 3. The Labute approximate surface area is 218 Å². The van der Waals surface area contributed by atoms with Gasteiger partial charge in [0.25, 0.3) is 0 Å². The molecule has 1 heterocycles. The second kappa shape index (κ2) is 12.5. The van der Waals surface area contributed by atoms with E-state index in [-0.39, 0.29) is 42.8 Å². The fraction of sp³-hybridized carbons (Fsp3) is 0.387. The van der Waals surface area contributed by atoms with Gasteiger partial charge in [0.1, 0.15) is 5.82 Å². The van der Waals surface area contributed by atoms with Crippen LogP contribution in [-0.4, -0.2) is 34.4 Å². The van der Waals surface area contributed by atoms with Gasteiger partial charge in [0.15, 0.2) is 0 Å². The zero-order valence-corrected chi connectivity index (χ0v) is 21.3. The van der Waals surface area contributed by atoms with Gasteiger partial charge in [-0.1, -0.05) is 55.5 Å². The molecule has 3 N–H and O–H groups in total. The first-order valence-electron chi connectivity index (χ1n) is 13.1. The molecule has 196 valence electrons. The number of carbonyl (C=O) groups excluding carboxylic acids is 1. The summed E-state index contributed by atoms with van der Waals surface area (Å²) in [6.07, 6.45) is 2.32. The molecule has 1 aliphatic heterocycles. The van der Waals surface area contributed by atoms with Crippen molar-refractivity contribution in [2.24, 2.45) is 5.92 Å². The Hall–Kier alpha value is -3.06. The van der Waals surface area contributed by atoms with Crippen molar-refractivity contribution in [2.45, 2.75) is 57.1 Å². The Balaban J connectivity index is 1.54. The van der Waals surface area contributed by atoms with E-state index in [2.05, 4.69) is 31.2 Å². The van der Waals surface area contributed by atoms with E-state index in [1.807, 2.05) is 29.2 Å². The van der Waals surface area contributed by atoms with E-state index >= 15 is 0 Å². The van der Waals surface area contributed by atoms with Gasteiger partial charge in [-0.3, -0.25) is 4.79 Å². The quantitative estimate of drug-likeness (QED) is 0.286. The van der Waals surface area contributed by atoms with Crippen molar-refractivity contribution in [1.82, 2.24) is 0 Å². The summed E-state index contributed by atoms with van der Waals surface area (Å²) in [5, 5.41) is 29.1. The van der Waals surface area contributed by atoms with Crippen LogP contribution in [0.2, 0.25) is 0 Å². The molecule has 37 heavy (non-hydrogen) atoms. The number of anilines is 1. The molecule has 0 aromatic heterocycles. The van der Waals surface area contributed by atoms with Gasteiger partial charge < -0.3 is 20.2 Å². The molecule has 0 aliphatic carbocycles. The van der Waals surface area contributed by atoms with E-state index in [9.17, 15) is 19.4 Å². The van der Waals surface area contributed by atoms with E-state index in [0.717, 1.165) is 28.8 Å². The van der Waals surface area contributed by atoms with Crippen LogP contribution < -0.4 is 4.90 Å². The van der Waals surface area contributed by atoms with Gasteiger partial charge in [0.05, 0.1) is 18.1 Å². The molecule has 4 atom stereocenters. The predicted octanol–water partition coefficient (Wildman–Crippen LogP) is 5.45. The summed E-state index contributed by atoms with van der Waals surface area (Å²) in [7, 11) is 0. The fourth-order valence-electron chi connectivity index (χ4n) is 5.18. The minimum Gasteiger partial charge on any atom is -0.396 e. The van der Waals surface area contributed by atoms with Crippen LogP contribution >= 0.6 is 0 Å². The smallest absolute Gasteiger partial charge is 0.233 e. The normalized spacial score (nSPS) is 18.9. The molecule has 1 amide bonds. The summed E-state index contributed by atoms with van der Waals surface area (Å²) in [4.78, 5) is 15.2. The molecule has 1 unspecified atom stereocenters. The summed E-state index contributed by atoms with van der Waals surface area (Å²) in [5.74, 6) is -0.353. The highest BCUT2D eigenvalue weighted by Crippen LogP contribution is 2.46. The van der Waals surface area contributed by atoms with Gasteiger partial charge in [0.2, 0.25) is 5.91 Å². The summed E-state index contributed by atoms with van der Waals surface area (Å²) >= 11 is 0. The second-order valence-electron chi connectivity index (χ2n) is 9.98. The lowest BCUT2D eigenvalue weighted by molar-refractivity contribution is -0.131. The van der Waals surface area contributed by atoms with Gasteiger partial charge in [0, 0.05) is 18.9 Å². The van der Waals surface area contributed by atoms with Crippen LogP contribution in [0, 0.1) is 11.7 Å². The van der Waals surface area contributed by atoms with Crippen molar-refractivity contribution >= 4 is 11.6 Å². The molecule has 1 aliphatic rings. The maximum absolute atomic E-state index is 13.4. The summed E-state index contributed by atoms with van der Waals surface area (Å²) in [5.41, 5.74) is 4.76. The molecule has 0 spiro atoms. The van der Waals surface area contributed by atoms with Gasteiger partial charge in [-0.05, 0) is 84.5 Å². The SMILES string of the molecule is CC(CCO)c1ccc([C@@H]2[C@@H](CC[C@H](O)c3ccc(F)cc3)C(=O)N2c2ccc(CCCO)cc2)cc1. The number of aliphatic hydroxyl groups excluding tert-OH is 3. The largest absolute Gasteiger partial charge is 0.396 e. The van der Waals surface area contributed by atoms with E-state index in [0.29, 0.717) is 31.2 Å². The Morgan fingerprint density at radius 3 is 2.14 bits per heavy atom. The number of β-lactam (4-membered cyclic amide) rings is 1. The molecule has 3 aromatic rings. The monoisotopic (exact) mass is 505 g/mol. The molecular weight excluding hydrogens is 469 g/mol. The lowest BCUT2D eigenvalue weighted by Crippen LogP contribution is -2.55. The molecule has 5 nitrogen and oxygen atoms in total. The maximum atomic E-state index is 13.4. The number of rotatable bonds is 12. The van der Waals surface area contributed by atoms with Crippen LogP contribution in [-0.2, 0) is 11.2 Å². The molecular formula is C31H36FNO4. The number of hydrogen-bond donors (Lipinski definition) is 3. The van der Waals surface area contributed by atoms with Gasteiger partial charge in [-0.2, -0.15) is 0 Å². The fourth-order valence-corrected chi connectivity index (χ4v) is 5.18. The van der Waals surface area contributed by atoms with Crippen LogP contribution in [0.4, 0.5) is 10.1 Å². The van der Waals surface area contributed by atoms with Gasteiger partial charge in [-0.25, -0.2) is 4.39 Å². The zero-order chi connectivity index (χ0) is 26.4. The second-order valence-corrected chi connectivity index (χ2v) is 9.98. The van der Waals surface area contributed by atoms with E-state index in [4.69, 9.17) is 5.11 Å². The molecule has 0 bridgehead atoms. The zero-order valence-electron chi connectivity index (χ0n) is 21.3. The first kappa shape index (κ1) is 27.0. The van der Waals surface area contributed by atoms with Crippen molar-refractivity contribution in [3.63, 3.8) is 0 Å². The molecule has 0 radical (unpaired) electrons. The number of amides is 1. The number of halogens is 1. The first-order chi connectivity index (χ1) is 17.9. The number of nitrogens with zero attached hydrogens (tertiary/aromatic N) is 1. The van der Waals surface area contributed by atoms with Crippen molar-refractivity contribution in [1.29, 1.82) is 0 Å². The number of aliphatic hydroxyl groups is 3. The van der Waals surface area contributed by atoms with Crippen molar-refractivity contribution < 1.29 is 24.5 Å². The van der Waals surface area contributed by atoms with Crippen molar-refractivity contribution in [2.75, 3.05) is 18.1 Å². The summed E-state index contributed by atoms with van der Waals surface area (Å²) < 4.78 is 13.3. The molecule has 1 saturated heterocycles. The minimum absolute atomic E-state index is 0.0251. The van der Waals surface area contributed by atoms with Gasteiger partial charge in [-0.15, -0.1) is 0 Å². The number of aryl methyl sites for hydroxylation is 1. The minimum atomic E-state index is -0.768. The van der Waals surface area contributed by atoms with E-state index in [1.54, 1.807) is 12.1 Å². The average Bonchev–Trinajstić information content (AvgIpc) is 2.91. The lowest BCUT2D eigenvalue weighted by atomic mass is 9.77.